The molecule has 1 unspecified atom stereocenters. The number of carboxylic acid groups (broad SMARTS) is 1. The van der Waals surface area contributed by atoms with Crippen LogP contribution in [0.3, 0.4) is 0 Å². The number of amides is 1. The molecule has 1 amide bonds. The lowest BCUT2D eigenvalue weighted by Gasteiger charge is -2.22. The summed E-state index contributed by atoms with van der Waals surface area (Å²) >= 11 is 3.34. The van der Waals surface area contributed by atoms with Gasteiger partial charge in [-0.1, -0.05) is 15.9 Å². The molecule has 1 atom stereocenters. The highest BCUT2D eigenvalue weighted by molar-refractivity contribution is 9.10. The van der Waals surface area contributed by atoms with Crippen molar-refractivity contribution >= 4 is 27.8 Å². The molecule has 18 heavy (non-hydrogen) atoms. The molecular weight excluding hydrogens is 298 g/mol. The zero-order valence-corrected chi connectivity index (χ0v) is 11.6. The van der Waals surface area contributed by atoms with Crippen LogP contribution in [0.5, 0.6) is 0 Å². The van der Waals surface area contributed by atoms with Crippen LogP contribution in [0.25, 0.3) is 0 Å². The lowest BCUT2D eigenvalue weighted by molar-refractivity contribution is -0.141. The van der Waals surface area contributed by atoms with Crippen LogP contribution in [0.15, 0.2) is 22.7 Å². The fourth-order valence-electron chi connectivity index (χ4n) is 2.29. The Kier molecular flexibility index (Phi) is 3.71. The molecule has 0 saturated carbocycles. The van der Waals surface area contributed by atoms with E-state index in [1.165, 1.54) is 4.90 Å². The first-order valence-corrected chi connectivity index (χ1v) is 6.60. The van der Waals surface area contributed by atoms with Crippen LogP contribution in [-0.4, -0.2) is 34.5 Å². The molecular formula is C13H14BrNO3. The van der Waals surface area contributed by atoms with Gasteiger partial charge in [0.15, 0.2) is 0 Å². The summed E-state index contributed by atoms with van der Waals surface area (Å²) in [7, 11) is 0. The summed E-state index contributed by atoms with van der Waals surface area (Å²) in [5.41, 5.74) is 1.43. The van der Waals surface area contributed by atoms with Gasteiger partial charge in [-0.3, -0.25) is 4.79 Å². The minimum absolute atomic E-state index is 0.190. The number of hydrogen-bond donors (Lipinski definition) is 1. The van der Waals surface area contributed by atoms with E-state index in [0.29, 0.717) is 18.5 Å². The molecule has 4 nitrogen and oxygen atoms in total. The van der Waals surface area contributed by atoms with E-state index in [9.17, 15) is 9.59 Å². The lowest BCUT2D eigenvalue weighted by Crippen LogP contribution is -2.40. The van der Waals surface area contributed by atoms with Gasteiger partial charge < -0.3 is 10.0 Å². The number of aliphatic carboxylic acids is 1. The van der Waals surface area contributed by atoms with Crippen LogP contribution in [0.4, 0.5) is 0 Å². The Balaban J connectivity index is 2.28. The molecule has 0 radical (unpaired) electrons. The Morgan fingerprint density at radius 1 is 1.44 bits per heavy atom. The SMILES string of the molecule is Cc1cc(Br)ccc1C(=O)N1CCCC1C(=O)O. The number of aryl methyl sites for hydroxylation is 1. The molecule has 1 aromatic rings. The first-order chi connectivity index (χ1) is 8.50. The number of nitrogens with zero attached hydrogens (tertiary/aromatic N) is 1. The molecule has 1 fully saturated rings. The Hall–Kier alpha value is -1.36. The van der Waals surface area contributed by atoms with Crippen molar-refractivity contribution in [1.29, 1.82) is 0 Å². The zero-order valence-electron chi connectivity index (χ0n) is 10.0. The van der Waals surface area contributed by atoms with Gasteiger partial charge in [0.25, 0.3) is 5.91 Å². The van der Waals surface area contributed by atoms with Crippen LogP contribution < -0.4 is 0 Å². The number of benzene rings is 1. The molecule has 1 aromatic carbocycles. The Morgan fingerprint density at radius 2 is 2.17 bits per heavy atom. The molecule has 1 heterocycles. The van der Waals surface area contributed by atoms with Gasteiger partial charge in [-0.2, -0.15) is 0 Å². The molecule has 2 rings (SSSR count). The number of rotatable bonds is 2. The summed E-state index contributed by atoms with van der Waals surface area (Å²) in [6.07, 6.45) is 1.29. The Morgan fingerprint density at radius 3 is 2.78 bits per heavy atom. The second-order valence-electron chi connectivity index (χ2n) is 4.45. The van der Waals surface area contributed by atoms with E-state index in [2.05, 4.69) is 15.9 Å². The van der Waals surface area contributed by atoms with Gasteiger partial charge in [0, 0.05) is 16.6 Å². The van der Waals surface area contributed by atoms with E-state index < -0.39 is 12.0 Å². The van der Waals surface area contributed by atoms with Crippen LogP contribution >= 0.6 is 15.9 Å². The normalized spacial score (nSPS) is 19.0. The minimum Gasteiger partial charge on any atom is -0.480 e. The number of hydrogen-bond acceptors (Lipinski definition) is 2. The van der Waals surface area contributed by atoms with Gasteiger partial charge >= 0.3 is 5.97 Å². The van der Waals surface area contributed by atoms with Crippen LogP contribution in [0, 0.1) is 6.92 Å². The highest BCUT2D eigenvalue weighted by atomic mass is 79.9. The van der Waals surface area contributed by atoms with Crippen molar-refractivity contribution in [2.75, 3.05) is 6.54 Å². The summed E-state index contributed by atoms with van der Waals surface area (Å²) in [6, 6.07) is 4.71. The molecule has 5 heteroatoms. The van der Waals surface area contributed by atoms with Crippen molar-refractivity contribution in [1.82, 2.24) is 4.90 Å². The molecule has 1 saturated heterocycles. The van der Waals surface area contributed by atoms with Crippen LogP contribution in [-0.2, 0) is 4.79 Å². The molecule has 1 aliphatic rings. The highest BCUT2D eigenvalue weighted by Crippen LogP contribution is 2.23. The summed E-state index contributed by atoms with van der Waals surface area (Å²) in [6.45, 7) is 2.37. The summed E-state index contributed by atoms with van der Waals surface area (Å²) in [4.78, 5) is 24.9. The third-order valence-corrected chi connectivity index (χ3v) is 3.71. The van der Waals surface area contributed by atoms with Crippen molar-refractivity contribution in [3.63, 3.8) is 0 Å². The van der Waals surface area contributed by atoms with E-state index in [1.54, 1.807) is 12.1 Å². The van der Waals surface area contributed by atoms with Crippen molar-refractivity contribution < 1.29 is 14.7 Å². The van der Waals surface area contributed by atoms with Crippen LogP contribution in [0.2, 0.25) is 0 Å². The third-order valence-electron chi connectivity index (χ3n) is 3.22. The third kappa shape index (κ3) is 2.41. The van der Waals surface area contributed by atoms with E-state index in [0.717, 1.165) is 16.5 Å². The monoisotopic (exact) mass is 311 g/mol. The maximum atomic E-state index is 12.3. The zero-order chi connectivity index (χ0) is 13.3. The number of carbonyl (C=O) groups is 2. The molecule has 1 N–H and O–H groups in total. The average Bonchev–Trinajstić information content (AvgIpc) is 2.77. The molecule has 0 spiro atoms. The van der Waals surface area contributed by atoms with Crippen molar-refractivity contribution in [2.45, 2.75) is 25.8 Å². The second-order valence-corrected chi connectivity index (χ2v) is 5.37. The molecule has 96 valence electrons. The van der Waals surface area contributed by atoms with Gasteiger partial charge in [0.2, 0.25) is 0 Å². The maximum absolute atomic E-state index is 12.3. The molecule has 0 aromatic heterocycles. The Bertz CT molecular complexity index is 501. The van der Waals surface area contributed by atoms with E-state index >= 15 is 0 Å². The predicted octanol–water partition coefficient (Wildman–Crippen LogP) is 2.45. The van der Waals surface area contributed by atoms with Gasteiger partial charge in [-0.15, -0.1) is 0 Å². The molecule has 0 bridgehead atoms. The predicted molar refractivity (Wildman–Crippen MR) is 70.6 cm³/mol. The average molecular weight is 312 g/mol. The van der Waals surface area contributed by atoms with E-state index in [4.69, 9.17) is 5.11 Å². The second kappa shape index (κ2) is 5.10. The van der Waals surface area contributed by atoms with Crippen molar-refractivity contribution in [3.8, 4) is 0 Å². The highest BCUT2D eigenvalue weighted by Gasteiger charge is 2.34. The van der Waals surface area contributed by atoms with Crippen LogP contribution in [0.1, 0.15) is 28.8 Å². The molecule has 0 aliphatic carbocycles. The first-order valence-electron chi connectivity index (χ1n) is 5.80. The number of halogens is 1. The fourth-order valence-corrected chi connectivity index (χ4v) is 2.76. The summed E-state index contributed by atoms with van der Waals surface area (Å²) in [5.74, 6) is -1.11. The van der Waals surface area contributed by atoms with Gasteiger partial charge in [-0.25, -0.2) is 4.79 Å². The quantitative estimate of drug-likeness (QED) is 0.912. The topological polar surface area (TPSA) is 57.6 Å². The lowest BCUT2D eigenvalue weighted by atomic mass is 10.1. The first kappa shape index (κ1) is 13.1. The van der Waals surface area contributed by atoms with Gasteiger partial charge in [-0.05, 0) is 43.5 Å². The maximum Gasteiger partial charge on any atom is 0.326 e. The van der Waals surface area contributed by atoms with E-state index in [-0.39, 0.29) is 5.91 Å². The van der Waals surface area contributed by atoms with E-state index in [1.807, 2.05) is 13.0 Å². The van der Waals surface area contributed by atoms with Crippen molar-refractivity contribution in [2.24, 2.45) is 0 Å². The molecule has 1 aliphatic heterocycles. The number of carboxylic acids is 1. The number of likely N-dealkylation sites (tertiary alicyclic amines) is 1. The minimum atomic E-state index is -0.921. The van der Waals surface area contributed by atoms with Gasteiger partial charge in [0.1, 0.15) is 6.04 Å². The van der Waals surface area contributed by atoms with Crippen molar-refractivity contribution in [3.05, 3.63) is 33.8 Å². The largest absolute Gasteiger partial charge is 0.480 e. The summed E-state index contributed by atoms with van der Waals surface area (Å²) in [5, 5.41) is 9.09. The Labute approximate surface area is 114 Å². The number of carbonyl (C=O) groups excluding carboxylic acids is 1. The van der Waals surface area contributed by atoms with Gasteiger partial charge in [0.05, 0.1) is 0 Å². The standard InChI is InChI=1S/C13H14BrNO3/c1-8-7-9(14)4-5-10(8)12(16)15-6-2-3-11(15)13(17)18/h4-5,7,11H,2-3,6H2,1H3,(H,17,18). The smallest absolute Gasteiger partial charge is 0.326 e. The fraction of sp³-hybridized carbons (Fsp3) is 0.385. The summed E-state index contributed by atoms with van der Waals surface area (Å²) < 4.78 is 0.910.